The van der Waals surface area contributed by atoms with E-state index in [2.05, 4.69) is 21.0 Å². The normalized spacial score (nSPS) is 10.4. The Kier molecular flexibility index (Phi) is 3.68. The fourth-order valence-corrected chi connectivity index (χ4v) is 2.53. The SMILES string of the molecule is Cc1cc(Oc2cccc(Br)c2C(N)=S)n(C)n1. The van der Waals surface area contributed by atoms with Gasteiger partial charge in [-0.2, -0.15) is 5.10 Å². The maximum atomic E-state index is 5.81. The van der Waals surface area contributed by atoms with E-state index in [-0.39, 0.29) is 4.99 Å². The Labute approximate surface area is 119 Å². The molecule has 2 aromatic rings. The molecule has 0 aliphatic rings. The van der Waals surface area contributed by atoms with Crippen LogP contribution < -0.4 is 10.5 Å². The van der Waals surface area contributed by atoms with E-state index in [1.54, 1.807) is 4.68 Å². The minimum atomic E-state index is 0.288. The Bertz CT molecular complexity index is 609. The molecule has 94 valence electrons. The molecule has 1 heterocycles. The van der Waals surface area contributed by atoms with Gasteiger partial charge >= 0.3 is 0 Å². The fourth-order valence-electron chi connectivity index (χ4n) is 1.62. The minimum absolute atomic E-state index is 0.288. The lowest BCUT2D eigenvalue weighted by atomic mass is 10.2. The number of halogens is 1. The summed E-state index contributed by atoms with van der Waals surface area (Å²) in [6.07, 6.45) is 0. The van der Waals surface area contributed by atoms with E-state index in [0.717, 1.165) is 10.2 Å². The maximum Gasteiger partial charge on any atom is 0.217 e. The highest BCUT2D eigenvalue weighted by Crippen LogP contribution is 2.30. The van der Waals surface area contributed by atoms with E-state index >= 15 is 0 Å². The Hall–Kier alpha value is -1.40. The van der Waals surface area contributed by atoms with Gasteiger partial charge in [-0.05, 0) is 35.0 Å². The average molecular weight is 326 g/mol. The molecule has 0 atom stereocenters. The van der Waals surface area contributed by atoms with Crippen molar-refractivity contribution >= 4 is 33.1 Å². The Morgan fingerprint density at radius 1 is 1.50 bits per heavy atom. The number of ether oxygens (including phenoxy) is 1. The van der Waals surface area contributed by atoms with Crippen molar-refractivity contribution in [3.63, 3.8) is 0 Å². The summed E-state index contributed by atoms with van der Waals surface area (Å²) in [5, 5.41) is 4.22. The summed E-state index contributed by atoms with van der Waals surface area (Å²) in [5.74, 6) is 1.25. The first kappa shape index (κ1) is 13.0. The molecule has 6 heteroatoms. The largest absolute Gasteiger partial charge is 0.439 e. The molecular weight excluding hydrogens is 314 g/mol. The van der Waals surface area contributed by atoms with Crippen molar-refractivity contribution in [1.82, 2.24) is 9.78 Å². The lowest BCUT2D eigenvalue weighted by Gasteiger charge is -2.11. The third-order valence-corrected chi connectivity index (χ3v) is 3.26. The number of nitrogens with two attached hydrogens (primary N) is 1. The first-order valence-corrected chi connectivity index (χ1v) is 6.46. The van der Waals surface area contributed by atoms with E-state index in [0.29, 0.717) is 17.2 Å². The first-order chi connectivity index (χ1) is 8.49. The molecule has 0 aliphatic heterocycles. The van der Waals surface area contributed by atoms with Crippen LogP contribution in [0.15, 0.2) is 28.7 Å². The monoisotopic (exact) mass is 325 g/mol. The molecular formula is C12H12BrN3OS. The average Bonchev–Trinajstić information content (AvgIpc) is 2.57. The zero-order valence-corrected chi connectivity index (χ0v) is 12.4. The van der Waals surface area contributed by atoms with Crippen molar-refractivity contribution in [3.8, 4) is 11.6 Å². The van der Waals surface area contributed by atoms with Crippen LogP contribution in [-0.4, -0.2) is 14.8 Å². The molecule has 0 radical (unpaired) electrons. The van der Waals surface area contributed by atoms with Crippen molar-refractivity contribution in [2.45, 2.75) is 6.92 Å². The van der Waals surface area contributed by atoms with Gasteiger partial charge in [-0.3, -0.25) is 0 Å². The molecule has 2 N–H and O–H groups in total. The molecule has 0 saturated carbocycles. The quantitative estimate of drug-likeness (QED) is 0.881. The van der Waals surface area contributed by atoms with Crippen LogP contribution in [0.25, 0.3) is 0 Å². The summed E-state index contributed by atoms with van der Waals surface area (Å²) in [7, 11) is 1.82. The van der Waals surface area contributed by atoms with Gasteiger partial charge < -0.3 is 10.5 Å². The van der Waals surface area contributed by atoms with Crippen LogP contribution in [0.3, 0.4) is 0 Å². The molecule has 0 bridgehead atoms. The topological polar surface area (TPSA) is 53.1 Å². The van der Waals surface area contributed by atoms with Crippen molar-refractivity contribution < 1.29 is 4.74 Å². The molecule has 18 heavy (non-hydrogen) atoms. The van der Waals surface area contributed by atoms with Gasteiger partial charge in [0.1, 0.15) is 10.7 Å². The summed E-state index contributed by atoms with van der Waals surface area (Å²) in [6.45, 7) is 1.91. The zero-order valence-electron chi connectivity index (χ0n) is 9.98. The second-order valence-corrected chi connectivity index (χ2v) is 5.12. The van der Waals surface area contributed by atoms with Gasteiger partial charge in [0.05, 0.1) is 11.3 Å². The number of nitrogens with zero attached hydrogens (tertiary/aromatic N) is 2. The lowest BCUT2D eigenvalue weighted by molar-refractivity contribution is 0.429. The maximum absolute atomic E-state index is 5.81. The van der Waals surface area contributed by atoms with Crippen LogP contribution in [0.2, 0.25) is 0 Å². The van der Waals surface area contributed by atoms with Gasteiger partial charge in [0, 0.05) is 17.6 Å². The molecule has 0 fully saturated rings. The van der Waals surface area contributed by atoms with Crippen LogP contribution in [-0.2, 0) is 7.05 Å². The Balaban J connectivity index is 2.43. The summed E-state index contributed by atoms with van der Waals surface area (Å²) in [6, 6.07) is 7.41. The number of hydrogen-bond donors (Lipinski definition) is 1. The Morgan fingerprint density at radius 3 is 2.78 bits per heavy atom. The number of rotatable bonds is 3. The summed E-state index contributed by atoms with van der Waals surface area (Å²) in [4.78, 5) is 0.288. The molecule has 1 aromatic carbocycles. The van der Waals surface area contributed by atoms with Gasteiger partial charge in [-0.1, -0.05) is 18.3 Å². The highest BCUT2D eigenvalue weighted by atomic mass is 79.9. The first-order valence-electron chi connectivity index (χ1n) is 5.26. The molecule has 0 aliphatic carbocycles. The van der Waals surface area contributed by atoms with Crippen LogP contribution in [0.1, 0.15) is 11.3 Å². The van der Waals surface area contributed by atoms with E-state index in [4.69, 9.17) is 22.7 Å². The molecule has 0 amide bonds. The Morgan fingerprint density at radius 2 is 2.22 bits per heavy atom. The van der Waals surface area contributed by atoms with Gasteiger partial charge in [-0.25, -0.2) is 4.68 Å². The smallest absolute Gasteiger partial charge is 0.217 e. The third kappa shape index (κ3) is 2.54. The molecule has 1 aromatic heterocycles. The van der Waals surface area contributed by atoms with Gasteiger partial charge in [-0.15, -0.1) is 0 Å². The van der Waals surface area contributed by atoms with Crippen molar-refractivity contribution in [3.05, 3.63) is 40.0 Å². The van der Waals surface area contributed by atoms with Crippen LogP contribution in [0.5, 0.6) is 11.6 Å². The van der Waals surface area contributed by atoms with Crippen molar-refractivity contribution in [1.29, 1.82) is 0 Å². The molecule has 4 nitrogen and oxygen atoms in total. The van der Waals surface area contributed by atoms with Crippen molar-refractivity contribution in [2.24, 2.45) is 12.8 Å². The van der Waals surface area contributed by atoms with E-state index < -0.39 is 0 Å². The second-order valence-electron chi connectivity index (χ2n) is 3.83. The van der Waals surface area contributed by atoms with Gasteiger partial charge in [0.2, 0.25) is 5.88 Å². The van der Waals surface area contributed by atoms with Crippen molar-refractivity contribution in [2.75, 3.05) is 0 Å². The van der Waals surface area contributed by atoms with Gasteiger partial charge in [0.25, 0.3) is 0 Å². The number of hydrogen-bond acceptors (Lipinski definition) is 3. The lowest BCUT2D eigenvalue weighted by Crippen LogP contribution is -2.12. The van der Waals surface area contributed by atoms with Gasteiger partial charge in [0.15, 0.2) is 0 Å². The summed E-state index contributed by atoms with van der Waals surface area (Å²) >= 11 is 8.45. The molecule has 2 rings (SSSR count). The predicted molar refractivity (Wildman–Crippen MR) is 78.0 cm³/mol. The minimum Gasteiger partial charge on any atom is -0.439 e. The highest BCUT2D eigenvalue weighted by molar-refractivity contribution is 9.10. The number of benzene rings is 1. The number of thiocarbonyl (C=S) groups is 1. The molecule has 0 saturated heterocycles. The van der Waals surface area contributed by atoms with Crippen LogP contribution >= 0.6 is 28.1 Å². The zero-order chi connectivity index (χ0) is 13.3. The van der Waals surface area contributed by atoms with Crippen LogP contribution in [0, 0.1) is 6.92 Å². The summed E-state index contributed by atoms with van der Waals surface area (Å²) in [5.41, 5.74) is 7.29. The van der Waals surface area contributed by atoms with E-state index in [1.807, 2.05) is 38.2 Å². The summed E-state index contributed by atoms with van der Waals surface area (Å²) < 4.78 is 8.28. The number of aromatic nitrogens is 2. The third-order valence-electron chi connectivity index (χ3n) is 2.40. The van der Waals surface area contributed by atoms with E-state index in [9.17, 15) is 0 Å². The molecule has 0 unspecified atom stereocenters. The van der Waals surface area contributed by atoms with Crippen LogP contribution in [0.4, 0.5) is 0 Å². The predicted octanol–water partition coefficient (Wildman–Crippen LogP) is 2.92. The molecule has 0 spiro atoms. The standard InChI is InChI=1S/C12H12BrN3OS/c1-7-6-10(16(2)15-7)17-9-5-3-4-8(13)11(9)12(14)18/h3-6H,1-2H3,(H2,14,18). The fraction of sp³-hybridized carbons (Fsp3) is 0.167. The van der Waals surface area contributed by atoms with E-state index in [1.165, 1.54) is 0 Å². The second kappa shape index (κ2) is 5.07. The highest BCUT2D eigenvalue weighted by Gasteiger charge is 2.13. The number of aryl methyl sites for hydroxylation is 2.